The van der Waals surface area contributed by atoms with Crippen LogP contribution in [-0.4, -0.2) is 23.6 Å². The molecular weight excluding hydrogens is 166 g/mol. The van der Waals surface area contributed by atoms with E-state index in [0.717, 1.165) is 17.1 Å². The minimum atomic E-state index is 0.656. The molecule has 0 bridgehead atoms. The molecule has 3 heteroatoms. The molecule has 0 aliphatic carbocycles. The van der Waals surface area contributed by atoms with Crippen molar-refractivity contribution in [1.29, 1.82) is 0 Å². The average molecular weight is 183 g/mol. The van der Waals surface area contributed by atoms with Gasteiger partial charge in [0.1, 0.15) is 10.5 Å². The second-order valence-electron chi connectivity index (χ2n) is 2.44. The van der Waals surface area contributed by atoms with Gasteiger partial charge in [0.25, 0.3) is 0 Å². The van der Waals surface area contributed by atoms with Crippen molar-refractivity contribution in [3.05, 3.63) is 35.9 Å². The lowest BCUT2D eigenvalue weighted by Gasteiger charge is -1.85. The quantitative estimate of drug-likeness (QED) is 0.667. The third-order valence-corrected chi connectivity index (χ3v) is 1.67. The summed E-state index contributed by atoms with van der Waals surface area (Å²) in [4.78, 5) is 0. The molecule has 0 aliphatic rings. The van der Waals surface area contributed by atoms with Gasteiger partial charge in [-0.3, -0.25) is 0 Å². The Kier molecular flexibility index (Phi) is 8.00. The van der Waals surface area contributed by atoms with Gasteiger partial charge in [0.15, 0.2) is 0 Å². The van der Waals surface area contributed by atoms with E-state index in [1.54, 1.807) is 0 Å². The molecule has 0 aliphatic heterocycles. The Hall–Kier alpha value is -0.643. The van der Waals surface area contributed by atoms with E-state index in [1.807, 2.05) is 18.2 Å². The lowest BCUT2D eigenvalue weighted by Crippen LogP contribution is -2.05. The number of nitrogens with two attached hydrogens (primary N) is 1. The zero-order valence-corrected chi connectivity index (χ0v) is 9.79. The van der Waals surface area contributed by atoms with E-state index < -0.39 is 0 Å². The number of aryl methyl sites for hydroxylation is 1. The van der Waals surface area contributed by atoms with Crippen LogP contribution in [0, 0.1) is 6.92 Å². The van der Waals surface area contributed by atoms with Gasteiger partial charge in [0, 0.05) is 13.2 Å². The number of hydrogen-bond acceptors (Lipinski definition) is 2. The SMILES string of the molecule is Cc1ccccc1.NCCO[SiH3]. The van der Waals surface area contributed by atoms with E-state index in [-0.39, 0.29) is 0 Å². The van der Waals surface area contributed by atoms with Crippen LogP contribution < -0.4 is 5.73 Å². The molecular formula is C9H17NOSi. The van der Waals surface area contributed by atoms with Gasteiger partial charge >= 0.3 is 0 Å². The van der Waals surface area contributed by atoms with E-state index >= 15 is 0 Å². The first-order chi connectivity index (χ1) is 5.81. The van der Waals surface area contributed by atoms with Crippen LogP contribution in [-0.2, 0) is 4.43 Å². The zero-order chi connectivity index (χ0) is 9.23. The monoisotopic (exact) mass is 183 g/mol. The average Bonchev–Trinajstić information content (AvgIpc) is 2.08. The lowest BCUT2D eigenvalue weighted by molar-refractivity contribution is 0.361. The first-order valence-electron chi connectivity index (χ1n) is 4.02. The van der Waals surface area contributed by atoms with Crippen LogP contribution >= 0.6 is 0 Å². The second-order valence-corrected chi connectivity index (χ2v) is 3.01. The van der Waals surface area contributed by atoms with Crippen molar-refractivity contribution in [2.45, 2.75) is 6.92 Å². The van der Waals surface area contributed by atoms with E-state index in [4.69, 9.17) is 10.2 Å². The molecule has 0 unspecified atom stereocenters. The minimum Gasteiger partial charge on any atom is -0.427 e. The van der Waals surface area contributed by atoms with E-state index in [9.17, 15) is 0 Å². The summed E-state index contributed by atoms with van der Waals surface area (Å²) in [5.41, 5.74) is 6.36. The van der Waals surface area contributed by atoms with E-state index in [0.29, 0.717) is 6.54 Å². The van der Waals surface area contributed by atoms with E-state index in [2.05, 4.69) is 19.1 Å². The summed E-state index contributed by atoms with van der Waals surface area (Å²) < 4.78 is 4.70. The van der Waals surface area contributed by atoms with Crippen LogP contribution in [0.2, 0.25) is 0 Å². The standard InChI is InChI=1S/C7H8.C2H9NOSi/c1-7-5-3-2-4-6-7;3-1-2-4-5/h2-6H,1H3;1-3H2,5H3. The molecule has 68 valence electrons. The third-order valence-electron chi connectivity index (χ3n) is 1.26. The van der Waals surface area contributed by atoms with Gasteiger partial charge in [-0.05, 0) is 6.92 Å². The molecule has 0 aromatic heterocycles. The summed E-state index contributed by atoms with van der Waals surface area (Å²) in [7, 11) is 0.819. The molecule has 0 radical (unpaired) electrons. The van der Waals surface area contributed by atoms with Crippen molar-refractivity contribution >= 4 is 10.5 Å². The fraction of sp³-hybridized carbons (Fsp3) is 0.333. The summed E-state index contributed by atoms with van der Waals surface area (Å²) in [5.74, 6) is 0. The van der Waals surface area contributed by atoms with Gasteiger partial charge in [-0.25, -0.2) is 0 Å². The number of hydrogen-bond donors (Lipinski definition) is 1. The van der Waals surface area contributed by atoms with Gasteiger partial charge < -0.3 is 10.2 Å². The van der Waals surface area contributed by atoms with Gasteiger partial charge in [-0.1, -0.05) is 35.9 Å². The summed E-state index contributed by atoms with van der Waals surface area (Å²) in [6.45, 7) is 3.47. The minimum absolute atomic E-state index is 0.656. The van der Waals surface area contributed by atoms with Crippen LogP contribution in [0.15, 0.2) is 30.3 Å². The zero-order valence-electron chi connectivity index (χ0n) is 7.79. The number of benzene rings is 1. The van der Waals surface area contributed by atoms with Gasteiger partial charge in [-0.2, -0.15) is 0 Å². The number of rotatable bonds is 2. The molecule has 2 N–H and O–H groups in total. The Labute approximate surface area is 77.3 Å². The smallest absolute Gasteiger partial charge is 0.146 e. The van der Waals surface area contributed by atoms with Crippen molar-refractivity contribution in [3.8, 4) is 0 Å². The highest BCUT2D eigenvalue weighted by Gasteiger charge is 1.72. The highest BCUT2D eigenvalue weighted by atomic mass is 28.2. The molecule has 1 rings (SSSR count). The van der Waals surface area contributed by atoms with Gasteiger partial charge in [-0.15, -0.1) is 0 Å². The van der Waals surface area contributed by atoms with Gasteiger partial charge in [0.2, 0.25) is 0 Å². The molecule has 1 aromatic carbocycles. The Morgan fingerprint density at radius 2 is 1.92 bits per heavy atom. The largest absolute Gasteiger partial charge is 0.427 e. The molecule has 0 fully saturated rings. The van der Waals surface area contributed by atoms with E-state index in [1.165, 1.54) is 5.56 Å². The van der Waals surface area contributed by atoms with Crippen LogP contribution in [0.4, 0.5) is 0 Å². The summed E-state index contributed by atoms with van der Waals surface area (Å²) in [6.07, 6.45) is 0. The van der Waals surface area contributed by atoms with Crippen molar-refractivity contribution in [1.82, 2.24) is 0 Å². The predicted molar refractivity (Wildman–Crippen MR) is 56.1 cm³/mol. The van der Waals surface area contributed by atoms with Crippen molar-refractivity contribution < 1.29 is 4.43 Å². The maximum Gasteiger partial charge on any atom is 0.146 e. The predicted octanol–water partition coefficient (Wildman–Crippen LogP) is 0.237. The molecule has 0 spiro atoms. The molecule has 1 aromatic rings. The molecule has 12 heavy (non-hydrogen) atoms. The molecule has 0 atom stereocenters. The highest BCUT2D eigenvalue weighted by molar-refractivity contribution is 5.97. The van der Waals surface area contributed by atoms with Crippen molar-refractivity contribution in [3.63, 3.8) is 0 Å². The summed E-state index contributed by atoms with van der Waals surface area (Å²) >= 11 is 0. The van der Waals surface area contributed by atoms with Crippen LogP contribution in [0.3, 0.4) is 0 Å². The molecule has 0 saturated carbocycles. The molecule has 0 saturated heterocycles. The third kappa shape index (κ3) is 7.46. The van der Waals surface area contributed by atoms with Gasteiger partial charge in [0.05, 0.1) is 0 Å². The Balaban J connectivity index is 0.000000217. The second kappa shape index (κ2) is 8.45. The molecule has 0 amide bonds. The normalized spacial score (nSPS) is 8.83. The first kappa shape index (κ1) is 11.4. The van der Waals surface area contributed by atoms with Crippen molar-refractivity contribution in [2.24, 2.45) is 5.73 Å². The fourth-order valence-corrected chi connectivity index (χ4v) is 0.888. The lowest BCUT2D eigenvalue weighted by atomic mass is 10.2. The Bertz CT molecular complexity index is 177. The Morgan fingerprint density at radius 3 is 2.08 bits per heavy atom. The summed E-state index contributed by atoms with van der Waals surface area (Å²) in [6, 6.07) is 10.3. The maximum atomic E-state index is 5.04. The first-order valence-corrected chi connectivity index (χ1v) is 4.83. The maximum absolute atomic E-state index is 5.04. The highest BCUT2D eigenvalue weighted by Crippen LogP contribution is 1.92. The summed E-state index contributed by atoms with van der Waals surface area (Å²) in [5, 5.41) is 0. The van der Waals surface area contributed by atoms with Crippen LogP contribution in [0.1, 0.15) is 5.56 Å². The Morgan fingerprint density at radius 1 is 1.33 bits per heavy atom. The fourth-order valence-electron chi connectivity index (χ4n) is 0.652. The molecule has 2 nitrogen and oxygen atoms in total. The van der Waals surface area contributed by atoms with Crippen LogP contribution in [0.25, 0.3) is 0 Å². The van der Waals surface area contributed by atoms with Crippen LogP contribution in [0.5, 0.6) is 0 Å². The molecule has 0 heterocycles. The topological polar surface area (TPSA) is 35.2 Å². The van der Waals surface area contributed by atoms with Crippen molar-refractivity contribution in [2.75, 3.05) is 13.2 Å².